The summed E-state index contributed by atoms with van der Waals surface area (Å²) in [5.74, 6) is -1.73. The number of allylic oxidation sites excluding steroid dienone is 2. The smallest absolute Gasteiger partial charge is 0.294 e. The quantitative estimate of drug-likeness (QED) is 0.626. The van der Waals surface area contributed by atoms with E-state index < -0.39 is 23.2 Å². The van der Waals surface area contributed by atoms with Gasteiger partial charge in [-0.05, 0) is 42.8 Å². The Morgan fingerprint density at radius 1 is 1.21 bits per heavy atom. The maximum atomic E-state index is 13.1. The van der Waals surface area contributed by atoms with Crippen LogP contribution in [0.1, 0.15) is 17.3 Å². The van der Waals surface area contributed by atoms with Crippen LogP contribution >= 0.6 is 0 Å². The number of nitrogens with zero attached hydrogens (tertiary/aromatic N) is 1. The summed E-state index contributed by atoms with van der Waals surface area (Å²) >= 11 is 0. The van der Waals surface area contributed by atoms with Gasteiger partial charge in [0.15, 0.2) is 0 Å². The molecule has 0 atom stereocenters. The largest absolute Gasteiger partial charge is 0.492 e. The Bertz CT molecular complexity index is 1160. The first kappa shape index (κ1) is 19.9. The number of amides is 1. The zero-order chi connectivity index (χ0) is 21.0. The second-order valence-corrected chi connectivity index (χ2v) is 6.33. The first-order valence-corrected chi connectivity index (χ1v) is 8.77. The van der Waals surface area contributed by atoms with E-state index in [0.717, 1.165) is 5.57 Å². The summed E-state index contributed by atoms with van der Waals surface area (Å²) in [5.41, 5.74) is 0.373. The van der Waals surface area contributed by atoms with E-state index in [1.54, 1.807) is 37.3 Å². The average molecular weight is 394 g/mol. The van der Waals surface area contributed by atoms with Crippen LogP contribution in [0.15, 0.2) is 77.6 Å². The molecule has 2 N–H and O–H groups in total. The number of pyridine rings is 1. The summed E-state index contributed by atoms with van der Waals surface area (Å²) in [4.78, 5) is 31.1. The molecule has 0 radical (unpaired) electrons. The van der Waals surface area contributed by atoms with Gasteiger partial charge in [0, 0.05) is 11.1 Å². The molecule has 1 aromatic heterocycles. The summed E-state index contributed by atoms with van der Waals surface area (Å²) in [6, 6.07) is 11.6. The van der Waals surface area contributed by atoms with E-state index in [4.69, 9.17) is 4.84 Å². The number of aromatic nitrogens is 1. The molecule has 0 spiro atoms. The van der Waals surface area contributed by atoms with Crippen LogP contribution in [0.5, 0.6) is 5.88 Å². The van der Waals surface area contributed by atoms with Gasteiger partial charge in [0.1, 0.15) is 18.0 Å². The number of fused-ring (bicyclic) bond motifs is 1. The van der Waals surface area contributed by atoms with Crippen LogP contribution in [0.2, 0.25) is 0 Å². The summed E-state index contributed by atoms with van der Waals surface area (Å²) in [7, 11) is 0. The number of hydrogen-bond donors (Lipinski definition) is 2. The van der Waals surface area contributed by atoms with Crippen LogP contribution in [0.3, 0.4) is 0 Å². The number of carbonyl (C=O) groups excluding carboxylic acids is 1. The standard InChI is InChI=1S/C22H19FN2O4/c1-3-6-14(2)13-29-25-21(27)18-8-5-4-7-17(18)19(22(25)28)20(26)24-16-11-9-15(23)10-12-16/h3-12,28H,1,13H2,2H3,(H,24,26). The highest BCUT2D eigenvalue weighted by atomic mass is 19.1. The fourth-order valence-electron chi connectivity index (χ4n) is 2.80. The van der Waals surface area contributed by atoms with Crippen molar-refractivity contribution in [2.45, 2.75) is 6.92 Å². The average Bonchev–Trinajstić information content (AvgIpc) is 2.70. The van der Waals surface area contributed by atoms with Gasteiger partial charge in [-0.25, -0.2) is 4.39 Å². The van der Waals surface area contributed by atoms with Crippen LogP contribution in [0.4, 0.5) is 10.1 Å². The van der Waals surface area contributed by atoms with Gasteiger partial charge in [-0.15, -0.1) is 4.73 Å². The predicted octanol–water partition coefficient (Wildman–Crippen LogP) is 3.66. The monoisotopic (exact) mass is 394 g/mol. The SMILES string of the molecule is C=CC=C(C)COn1c(O)c(C(=O)Nc2ccc(F)cc2)c2ccccc2c1=O. The molecule has 0 aliphatic heterocycles. The van der Waals surface area contributed by atoms with Gasteiger partial charge >= 0.3 is 0 Å². The van der Waals surface area contributed by atoms with E-state index in [1.165, 1.54) is 30.3 Å². The molecule has 29 heavy (non-hydrogen) atoms. The number of aromatic hydroxyl groups is 1. The van der Waals surface area contributed by atoms with Gasteiger partial charge in [0.2, 0.25) is 5.88 Å². The van der Waals surface area contributed by atoms with Crippen molar-refractivity contribution in [3.63, 3.8) is 0 Å². The summed E-state index contributed by atoms with van der Waals surface area (Å²) in [6.07, 6.45) is 3.27. The summed E-state index contributed by atoms with van der Waals surface area (Å²) in [5, 5.41) is 13.7. The van der Waals surface area contributed by atoms with Crippen molar-refractivity contribution in [2.75, 3.05) is 11.9 Å². The van der Waals surface area contributed by atoms with Gasteiger partial charge in [0.25, 0.3) is 11.5 Å². The van der Waals surface area contributed by atoms with E-state index in [2.05, 4.69) is 11.9 Å². The first-order valence-electron chi connectivity index (χ1n) is 8.77. The van der Waals surface area contributed by atoms with Crippen molar-refractivity contribution in [1.82, 2.24) is 4.73 Å². The van der Waals surface area contributed by atoms with Crippen LogP contribution in [-0.2, 0) is 0 Å². The molecule has 1 amide bonds. The molecular weight excluding hydrogens is 375 g/mol. The molecule has 1 heterocycles. The molecule has 0 fully saturated rings. The highest BCUT2D eigenvalue weighted by Crippen LogP contribution is 2.25. The number of hydrogen-bond acceptors (Lipinski definition) is 4. The molecule has 2 aromatic carbocycles. The van der Waals surface area contributed by atoms with Gasteiger partial charge in [-0.2, -0.15) is 0 Å². The maximum Gasteiger partial charge on any atom is 0.294 e. The number of benzene rings is 2. The summed E-state index contributed by atoms with van der Waals surface area (Å²) in [6.45, 7) is 5.37. The molecule has 0 saturated carbocycles. The van der Waals surface area contributed by atoms with Crippen molar-refractivity contribution in [1.29, 1.82) is 0 Å². The second kappa shape index (κ2) is 8.43. The molecule has 3 aromatic rings. The van der Waals surface area contributed by atoms with Gasteiger partial charge in [0.05, 0.1) is 5.39 Å². The molecule has 0 bridgehead atoms. The molecule has 7 heteroatoms. The van der Waals surface area contributed by atoms with E-state index in [9.17, 15) is 19.1 Å². The third kappa shape index (κ3) is 4.19. The Hall–Kier alpha value is -3.87. The number of nitrogens with one attached hydrogen (secondary N) is 1. The number of halogens is 1. The van der Waals surface area contributed by atoms with Crippen LogP contribution in [-0.4, -0.2) is 22.4 Å². The lowest BCUT2D eigenvalue weighted by Gasteiger charge is -2.16. The Kier molecular flexibility index (Phi) is 5.78. The van der Waals surface area contributed by atoms with Crippen molar-refractivity contribution >= 4 is 22.4 Å². The number of anilines is 1. The van der Waals surface area contributed by atoms with Crippen LogP contribution in [0.25, 0.3) is 10.8 Å². The minimum atomic E-state index is -0.666. The normalized spacial score (nSPS) is 11.3. The molecule has 0 saturated heterocycles. The van der Waals surface area contributed by atoms with Crippen molar-refractivity contribution in [2.24, 2.45) is 0 Å². The second-order valence-electron chi connectivity index (χ2n) is 6.33. The molecule has 148 valence electrons. The van der Waals surface area contributed by atoms with Crippen molar-refractivity contribution in [3.8, 4) is 5.88 Å². The van der Waals surface area contributed by atoms with E-state index in [0.29, 0.717) is 10.4 Å². The Morgan fingerprint density at radius 2 is 1.86 bits per heavy atom. The Balaban J connectivity index is 2.08. The highest BCUT2D eigenvalue weighted by Gasteiger charge is 2.22. The molecular formula is C22H19FN2O4. The molecule has 0 aliphatic rings. The van der Waals surface area contributed by atoms with Crippen LogP contribution in [0, 0.1) is 5.82 Å². The number of rotatable bonds is 6. The van der Waals surface area contributed by atoms with Gasteiger partial charge in [-0.3, -0.25) is 9.59 Å². The minimum Gasteiger partial charge on any atom is -0.492 e. The maximum absolute atomic E-state index is 13.1. The highest BCUT2D eigenvalue weighted by molar-refractivity contribution is 6.14. The minimum absolute atomic E-state index is 0.0108. The van der Waals surface area contributed by atoms with Crippen molar-refractivity contribution in [3.05, 3.63) is 94.6 Å². The fourth-order valence-corrected chi connectivity index (χ4v) is 2.80. The molecule has 0 unspecified atom stereocenters. The molecule has 0 aliphatic carbocycles. The zero-order valence-electron chi connectivity index (χ0n) is 15.7. The fraction of sp³-hybridized carbons (Fsp3) is 0.0909. The Morgan fingerprint density at radius 3 is 2.52 bits per heavy atom. The third-order valence-electron chi connectivity index (χ3n) is 4.18. The lowest BCUT2D eigenvalue weighted by Crippen LogP contribution is -2.30. The third-order valence-corrected chi connectivity index (χ3v) is 4.18. The lowest BCUT2D eigenvalue weighted by atomic mass is 10.1. The van der Waals surface area contributed by atoms with E-state index in [1.807, 2.05) is 0 Å². The summed E-state index contributed by atoms with van der Waals surface area (Å²) < 4.78 is 13.8. The van der Waals surface area contributed by atoms with Crippen LogP contribution < -0.4 is 15.7 Å². The van der Waals surface area contributed by atoms with E-state index in [-0.39, 0.29) is 22.9 Å². The van der Waals surface area contributed by atoms with Gasteiger partial charge < -0.3 is 15.3 Å². The molecule has 3 rings (SSSR count). The first-order chi connectivity index (χ1) is 13.9. The van der Waals surface area contributed by atoms with E-state index >= 15 is 0 Å². The van der Waals surface area contributed by atoms with Crippen molar-refractivity contribution < 1.29 is 19.1 Å². The topological polar surface area (TPSA) is 80.6 Å². The predicted molar refractivity (Wildman–Crippen MR) is 110 cm³/mol. The zero-order valence-corrected chi connectivity index (χ0v) is 15.7. The Labute approximate surface area is 166 Å². The lowest BCUT2D eigenvalue weighted by molar-refractivity contribution is 0.0935. The van der Waals surface area contributed by atoms with Gasteiger partial charge in [-0.1, -0.05) is 36.9 Å². The molecule has 6 nitrogen and oxygen atoms in total. The number of carbonyl (C=O) groups is 1.